The van der Waals surface area contributed by atoms with Crippen LogP contribution < -0.4 is 4.90 Å². The number of benzene rings is 1. The molecule has 0 heterocycles. The number of hydrogen-bond acceptors (Lipinski definition) is 5. The molecule has 6 heteroatoms. The third-order valence-electron chi connectivity index (χ3n) is 2.66. The zero-order valence-electron chi connectivity index (χ0n) is 11.3. The summed E-state index contributed by atoms with van der Waals surface area (Å²) >= 11 is 0. The van der Waals surface area contributed by atoms with Gasteiger partial charge in [0.25, 0.3) is 5.69 Å². The number of nitro benzene ring substituents is 1. The molecule has 0 aromatic heterocycles. The average molecular weight is 266 g/mol. The topological polar surface area (TPSA) is 83.7 Å². The van der Waals surface area contributed by atoms with Gasteiger partial charge in [-0.1, -0.05) is 0 Å². The Morgan fingerprint density at radius 3 is 2.53 bits per heavy atom. The summed E-state index contributed by atoms with van der Waals surface area (Å²) < 4.78 is 0. The van der Waals surface area contributed by atoms with Crippen LogP contribution in [0.15, 0.2) is 18.2 Å². The normalized spacial score (nSPS) is 11.2. The van der Waals surface area contributed by atoms with Crippen LogP contribution in [-0.2, 0) is 0 Å². The molecule has 1 N–H and O–H groups in total. The number of carbonyl (C=O) groups is 1. The molecule has 1 rings (SSSR count). The van der Waals surface area contributed by atoms with Crippen LogP contribution in [-0.4, -0.2) is 35.0 Å². The summed E-state index contributed by atoms with van der Waals surface area (Å²) in [7, 11) is 0. The first-order valence-electron chi connectivity index (χ1n) is 5.99. The maximum atomic E-state index is 10.9. The van der Waals surface area contributed by atoms with E-state index in [-0.39, 0.29) is 11.3 Å². The maximum Gasteiger partial charge on any atom is 0.280 e. The average Bonchev–Trinajstić information content (AvgIpc) is 2.33. The third-order valence-corrected chi connectivity index (χ3v) is 2.66. The van der Waals surface area contributed by atoms with Gasteiger partial charge in [0, 0.05) is 24.8 Å². The van der Waals surface area contributed by atoms with Crippen LogP contribution in [0, 0.1) is 10.1 Å². The summed E-state index contributed by atoms with van der Waals surface area (Å²) in [5.41, 5.74) is -0.383. The van der Waals surface area contributed by atoms with Gasteiger partial charge < -0.3 is 10.0 Å². The molecule has 0 saturated carbocycles. The Morgan fingerprint density at radius 1 is 1.47 bits per heavy atom. The zero-order valence-corrected chi connectivity index (χ0v) is 11.3. The number of aliphatic hydroxyl groups is 1. The van der Waals surface area contributed by atoms with Gasteiger partial charge >= 0.3 is 0 Å². The molecule has 0 aliphatic heterocycles. The highest BCUT2D eigenvalue weighted by Crippen LogP contribution is 2.24. The highest BCUT2D eigenvalue weighted by Gasteiger charge is 2.20. The number of nitrogens with zero attached hydrogens (tertiary/aromatic N) is 2. The maximum absolute atomic E-state index is 10.9. The fraction of sp³-hybridized carbons (Fsp3) is 0.462. The molecule has 0 amide bonds. The number of anilines is 1. The molecule has 104 valence electrons. The van der Waals surface area contributed by atoms with Gasteiger partial charge in [-0.15, -0.1) is 0 Å². The van der Waals surface area contributed by atoms with E-state index in [2.05, 4.69) is 0 Å². The van der Waals surface area contributed by atoms with E-state index in [0.29, 0.717) is 25.1 Å². The molecule has 0 spiro atoms. The summed E-state index contributed by atoms with van der Waals surface area (Å²) in [4.78, 5) is 22.9. The number of hydrogen-bond donors (Lipinski definition) is 1. The second kappa shape index (κ2) is 5.79. The standard InChI is InChI=1S/C13H18N2O4/c1-4-14(9-13(2,3)17)11-5-6-12(15(18)19)10(7-11)8-16/h5-8,17H,4,9H2,1-3H3. The lowest BCUT2D eigenvalue weighted by molar-refractivity contribution is -0.385. The summed E-state index contributed by atoms with van der Waals surface area (Å²) in [6, 6.07) is 4.37. The first-order valence-corrected chi connectivity index (χ1v) is 5.99. The fourth-order valence-electron chi connectivity index (χ4n) is 1.85. The smallest absolute Gasteiger partial charge is 0.280 e. The summed E-state index contributed by atoms with van der Waals surface area (Å²) in [5, 5.41) is 20.6. The predicted molar refractivity (Wildman–Crippen MR) is 72.7 cm³/mol. The van der Waals surface area contributed by atoms with Gasteiger partial charge in [-0.2, -0.15) is 0 Å². The monoisotopic (exact) mass is 266 g/mol. The molecule has 0 aliphatic rings. The van der Waals surface area contributed by atoms with E-state index in [1.54, 1.807) is 19.9 Å². The minimum Gasteiger partial charge on any atom is -0.389 e. The lowest BCUT2D eigenvalue weighted by Crippen LogP contribution is -2.38. The van der Waals surface area contributed by atoms with Crippen LogP contribution >= 0.6 is 0 Å². The van der Waals surface area contributed by atoms with Crippen molar-refractivity contribution in [2.24, 2.45) is 0 Å². The Balaban J connectivity index is 3.13. The first-order chi connectivity index (χ1) is 8.78. The molecule has 0 bridgehead atoms. The Kier molecular flexibility index (Phi) is 4.61. The molecule has 6 nitrogen and oxygen atoms in total. The fourth-order valence-corrected chi connectivity index (χ4v) is 1.85. The Morgan fingerprint density at radius 2 is 2.11 bits per heavy atom. The van der Waals surface area contributed by atoms with Crippen LogP contribution in [0.4, 0.5) is 11.4 Å². The Labute approximate surface area is 111 Å². The van der Waals surface area contributed by atoms with Crippen molar-refractivity contribution < 1.29 is 14.8 Å². The van der Waals surface area contributed by atoms with Crippen LogP contribution in [0.25, 0.3) is 0 Å². The minimum atomic E-state index is -0.890. The lowest BCUT2D eigenvalue weighted by atomic mass is 10.1. The van der Waals surface area contributed by atoms with Crippen molar-refractivity contribution >= 4 is 17.7 Å². The van der Waals surface area contributed by atoms with Crippen molar-refractivity contribution in [1.29, 1.82) is 0 Å². The number of nitro groups is 1. The van der Waals surface area contributed by atoms with Crippen molar-refractivity contribution in [3.63, 3.8) is 0 Å². The Hall–Kier alpha value is -1.95. The molecular formula is C13H18N2O4. The van der Waals surface area contributed by atoms with Gasteiger partial charge in [0.2, 0.25) is 0 Å². The van der Waals surface area contributed by atoms with E-state index in [9.17, 15) is 20.0 Å². The van der Waals surface area contributed by atoms with Crippen LogP contribution in [0.2, 0.25) is 0 Å². The van der Waals surface area contributed by atoms with E-state index in [1.165, 1.54) is 12.1 Å². The van der Waals surface area contributed by atoms with E-state index in [0.717, 1.165) is 0 Å². The summed E-state index contributed by atoms with van der Waals surface area (Å²) in [5.74, 6) is 0. The van der Waals surface area contributed by atoms with Gasteiger partial charge in [0.15, 0.2) is 6.29 Å². The molecule has 0 fully saturated rings. The number of likely N-dealkylation sites (N-methyl/N-ethyl adjacent to an activating group) is 1. The molecule has 1 aromatic carbocycles. The van der Waals surface area contributed by atoms with Crippen molar-refractivity contribution in [2.45, 2.75) is 26.4 Å². The molecule has 0 radical (unpaired) electrons. The molecule has 1 aromatic rings. The van der Waals surface area contributed by atoms with Crippen molar-refractivity contribution in [3.05, 3.63) is 33.9 Å². The quantitative estimate of drug-likeness (QED) is 0.483. The molecule has 0 unspecified atom stereocenters. The molecular weight excluding hydrogens is 248 g/mol. The highest BCUT2D eigenvalue weighted by molar-refractivity contribution is 5.83. The second-order valence-electron chi connectivity index (χ2n) is 4.94. The SMILES string of the molecule is CCN(CC(C)(C)O)c1ccc([N+](=O)[O-])c(C=O)c1. The van der Waals surface area contributed by atoms with Gasteiger partial charge in [0.1, 0.15) is 0 Å². The van der Waals surface area contributed by atoms with Gasteiger partial charge in [0.05, 0.1) is 16.1 Å². The molecule has 0 aliphatic carbocycles. The molecule has 19 heavy (non-hydrogen) atoms. The van der Waals surface area contributed by atoms with Gasteiger partial charge in [-0.25, -0.2) is 0 Å². The second-order valence-corrected chi connectivity index (χ2v) is 4.94. The highest BCUT2D eigenvalue weighted by atomic mass is 16.6. The Bertz CT molecular complexity index is 480. The number of aldehydes is 1. The molecule has 0 atom stereocenters. The number of carbonyl (C=O) groups excluding carboxylic acids is 1. The van der Waals surface area contributed by atoms with E-state index in [1.807, 2.05) is 11.8 Å². The van der Waals surface area contributed by atoms with Crippen molar-refractivity contribution in [1.82, 2.24) is 0 Å². The zero-order chi connectivity index (χ0) is 14.6. The minimum absolute atomic E-state index is 0.0386. The first kappa shape index (κ1) is 15.1. The summed E-state index contributed by atoms with van der Waals surface area (Å²) in [6.07, 6.45) is 0.472. The lowest BCUT2D eigenvalue weighted by Gasteiger charge is -2.30. The van der Waals surface area contributed by atoms with Crippen molar-refractivity contribution in [2.75, 3.05) is 18.0 Å². The van der Waals surface area contributed by atoms with Gasteiger partial charge in [-0.3, -0.25) is 14.9 Å². The van der Waals surface area contributed by atoms with Crippen molar-refractivity contribution in [3.8, 4) is 0 Å². The molecule has 0 saturated heterocycles. The number of rotatable bonds is 6. The van der Waals surface area contributed by atoms with E-state index < -0.39 is 10.5 Å². The van der Waals surface area contributed by atoms with Crippen LogP contribution in [0.1, 0.15) is 31.1 Å². The third kappa shape index (κ3) is 4.03. The largest absolute Gasteiger partial charge is 0.389 e. The van der Waals surface area contributed by atoms with Crippen LogP contribution in [0.3, 0.4) is 0 Å². The van der Waals surface area contributed by atoms with E-state index >= 15 is 0 Å². The van der Waals surface area contributed by atoms with Crippen LogP contribution in [0.5, 0.6) is 0 Å². The summed E-state index contributed by atoms with van der Waals surface area (Å²) in [6.45, 7) is 6.27. The van der Waals surface area contributed by atoms with E-state index in [4.69, 9.17) is 0 Å². The van der Waals surface area contributed by atoms with Gasteiger partial charge in [-0.05, 0) is 32.9 Å². The predicted octanol–water partition coefficient (Wildman–Crippen LogP) is 2.00.